The fraction of sp³-hybridized carbons (Fsp3) is 0.100. The quantitative estimate of drug-likeness (QED) is 0.374. The van der Waals surface area contributed by atoms with Crippen molar-refractivity contribution < 1.29 is 23.2 Å². The summed E-state index contributed by atoms with van der Waals surface area (Å²) in [4.78, 5) is 11.4. The number of oxime groups is 1. The average molecular weight is 242 g/mol. The molecule has 0 spiro atoms. The highest BCUT2D eigenvalue weighted by Crippen LogP contribution is 2.29. The molecule has 88 valence electrons. The number of nitriles is 1. The fourth-order valence-electron chi connectivity index (χ4n) is 1.09. The molecule has 0 unspecified atom stereocenters. The van der Waals surface area contributed by atoms with Crippen molar-refractivity contribution in [1.29, 1.82) is 5.26 Å². The summed E-state index contributed by atoms with van der Waals surface area (Å²) in [6.45, 7) is 0. The minimum Gasteiger partial charge on any atom is -0.410 e. The van der Waals surface area contributed by atoms with E-state index in [1.165, 1.54) is 6.07 Å². The van der Waals surface area contributed by atoms with Crippen molar-refractivity contribution >= 4 is 11.5 Å². The Kier molecular flexibility index (Phi) is 3.48. The predicted octanol–water partition coefficient (Wildman–Crippen LogP) is 2.24. The summed E-state index contributed by atoms with van der Waals surface area (Å²) in [6.07, 6.45) is -4.58. The number of alkyl halides is 3. The molecule has 0 bridgehead atoms. The topological polar surface area (TPSA) is 73.4 Å². The molecule has 0 atom stereocenters. The van der Waals surface area contributed by atoms with Gasteiger partial charge in [0.25, 0.3) is 0 Å². The van der Waals surface area contributed by atoms with E-state index in [0.29, 0.717) is 6.07 Å². The van der Waals surface area contributed by atoms with Crippen molar-refractivity contribution in [2.75, 3.05) is 0 Å². The molecule has 0 aliphatic carbocycles. The van der Waals surface area contributed by atoms with Gasteiger partial charge in [-0.1, -0.05) is 17.3 Å². The summed E-state index contributed by atoms with van der Waals surface area (Å²) >= 11 is 0. The number of hydrogen-bond acceptors (Lipinski definition) is 4. The summed E-state index contributed by atoms with van der Waals surface area (Å²) in [6, 6.07) is 4.78. The summed E-state index contributed by atoms with van der Waals surface area (Å²) in [5, 5.41) is 19.1. The van der Waals surface area contributed by atoms with Crippen molar-refractivity contribution in [1.82, 2.24) is 0 Å². The number of benzene rings is 1. The monoisotopic (exact) mass is 242 g/mol. The zero-order valence-electron chi connectivity index (χ0n) is 8.19. The van der Waals surface area contributed by atoms with Gasteiger partial charge in [-0.05, 0) is 12.1 Å². The molecule has 0 saturated heterocycles. The van der Waals surface area contributed by atoms with Gasteiger partial charge in [0, 0.05) is 5.56 Å². The molecule has 0 radical (unpaired) electrons. The maximum atomic E-state index is 12.3. The van der Waals surface area contributed by atoms with Crippen LogP contribution in [0.5, 0.6) is 0 Å². The van der Waals surface area contributed by atoms with Crippen LogP contribution in [0, 0.1) is 11.3 Å². The van der Waals surface area contributed by atoms with Gasteiger partial charge in [0.15, 0.2) is 0 Å². The van der Waals surface area contributed by atoms with Crippen LogP contribution in [0.15, 0.2) is 29.4 Å². The first-order valence-electron chi connectivity index (χ1n) is 4.24. The summed E-state index contributed by atoms with van der Waals surface area (Å²) < 4.78 is 37.0. The van der Waals surface area contributed by atoms with E-state index in [1.807, 2.05) is 0 Å². The zero-order valence-corrected chi connectivity index (χ0v) is 8.19. The molecule has 1 aromatic rings. The minimum atomic E-state index is -4.58. The van der Waals surface area contributed by atoms with Crippen LogP contribution in [0.1, 0.15) is 15.9 Å². The maximum absolute atomic E-state index is 12.3. The molecule has 1 rings (SSSR count). The van der Waals surface area contributed by atoms with Crippen molar-refractivity contribution in [3.05, 3.63) is 35.4 Å². The Morgan fingerprint density at radius 2 is 2.06 bits per heavy atom. The first-order chi connectivity index (χ1) is 7.90. The summed E-state index contributed by atoms with van der Waals surface area (Å²) in [7, 11) is 0. The molecular weight excluding hydrogens is 237 g/mol. The lowest BCUT2D eigenvalue weighted by atomic mass is 10.0. The molecule has 0 aliphatic heterocycles. The number of hydrogen-bond donors (Lipinski definition) is 1. The summed E-state index contributed by atoms with van der Waals surface area (Å²) in [5.41, 5.74) is -2.25. The first-order valence-corrected chi connectivity index (χ1v) is 4.24. The number of nitrogens with zero attached hydrogens (tertiary/aromatic N) is 2. The molecule has 0 aliphatic rings. The molecule has 0 amide bonds. The second-order valence-electron chi connectivity index (χ2n) is 2.97. The van der Waals surface area contributed by atoms with Gasteiger partial charge >= 0.3 is 6.18 Å². The molecule has 0 saturated carbocycles. The normalized spacial score (nSPS) is 12.0. The van der Waals surface area contributed by atoms with Crippen molar-refractivity contribution in [2.45, 2.75) is 6.18 Å². The predicted molar refractivity (Wildman–Crippen MR) is 50.6 cm³/mol. The Morgan fingerprint density at radius 3 is 2.53 bits per heavy atom. The standard InChI is InChI=1S/C10H5F3N2O2/c11-10(12,13)7-3-1-2-6(4-7)9(16)8(5-14)15-17/h1-4,17H/b15-8-. The van der Waals surface area contributed by atoms with E-state index in [-0.39, 0.29) is 5.56 Å². The van der Waals surface area contributed by atoms with Crippen molar-refractivity contribution in [3.8, 4) is 6.07 Å². The van der Waals surface area contributed by atoms with E-state index in [0.717, 1.165) is 18.2 Å². The van der Waals surface area contributed by atoms with Crippen LogP contribution >= 0.6 is 0 Å². The zero-order chi connectivity index (χ0) is 13.1. The van der Waals surface area contributed by atoms with Crippen molar-refractivity contribution in [2.24, 2.45) is 5.16 Å². The number of rotatable bonds is 2. The Hall–Kier alpha value is -2.36. The van der Waals surface area contributed by atoms with E-state index < -0.39 is 23.2 Å². The second kappa shape index (κ2) is 4.65. The second-order valence-corrected chi connectivity index (χ2v) is 2.97. The average Bonchev–Trinajstić information content (AvgIpc) is 2.29. The molecule has 17 heavy (non-hydrogen) atoms. The van der Waals surface area contributed by atoms with E-state index in [1.54, 1.807) is 0 Å². The van der Waals surface area contributed by atoms with Gasteiger partial charge in [-0.3, -0.25) is 4.79 Å². The van der Waals surface area contributed by atoms with Gasteiger partial charge in [-0.25, -0.2) is 0 Å². The number of Topliss-reactive ketones (excluding diaryl/α,β-unsaturated/α-hetero) is 1. The van der Waals surface area contributed by atoms with Crippen LogP contribution in [-0.2, 0) is 6.18 Å². The lowest BCUT2D eigenvalue weighted by molar-refractivity contribution is -0.137. The third kappa shape index (κ3) is 2.81. The van der Waals surface area contributed by atoms with Crippen LogP contribution in [-0.4, -0.2) is 16.7 Å². The minimum absolute atomic E-state index is 0.367. The van der Waals surface area contributed by atoms with E-state index in [2.05, 4.69) is 5.16 Å². The van der Waals surface area contributed by atoms with E-state index in [4.69, 9.17) is 10.5 Å². The van der Waals surface area contributed by atoms with Gasteiger partial charge < -0.3 is 5.21 Å². The van der Waals surface area contributed by atoms with Crippen LogP contribution in [0.25, 0.3) is 0 Å². The SMILES string of the molecule is N#C/C(=N/O)C(=O)c1cccc(C(F)(F)F)c1. The fourth-order valence-corrected chi connectivity index (χ4v) is 1.09. The highest BCUT2D eigenvalue weighted by atomic mass is 19.4. The number of halogens is 3. The van der Waals surface area contributed by atoms with Gasteiger partial charge in [-0.15, -0.1) is 0 Å². The van der Waals surface area contributed by atoms with Crippen LogP contribution in [0.4, 0.5) is 13.2 Å². The van der Waals surface area contributed by atoms with E-state index >= 15 is 0 Å². The van der Waals surface area contributed by atoms with Gasteiger partial charge in [0.05, 0.1) is 5.56 Å². The lowest BCUT2D eigenvalue weighted by Gasteiger charge is -2.07. The molecular formula is C10H5F3N2O2. The highest BCUT2D eigenvalue weighted by molar-refractivity contribution is 6.51. The van der Waals surface area contributed by atoms with Crippen LogP contribution < -0.4 is 0 Å². The number of carbonyl (C=O) groups is 1. The molecule has 1 N–H and O–H groups in total. The van der Waals surface area contributed by atoms with Crippen LogP contribution in [0.2, 0.25) is 0 Å². The molecule has 7 heteroatoms. The smallest absolute Gasteiger partial charge is 0.410 e. The lowest BCUT2D eigenvalue weighted by Crippen LogP contribution is -2.14. The van der Waals surface area contributed by atoms with Gasteiger partial charge in [0.2, 0.25) is 11.5 Å². The largest absolute Gasteiger partial charge is 0.416 e. The third-order valence-corrected chi connectivity index (χ3v) is 1.87. The molecule has 1 aromatic carbocycles. The number of carbonyl (C=O) groups excluding carboxylic acids is 1. The third-order valence-electron chi connectivity index (χ3n) is 1.87. The molecule has 0 fully saturated rings. The maximum Gasteiger partial charge on any atom is 0.416 e. The van der Waals surface area contributed by atoms with E-state index in [9.17, 15) is 18.0 Å². The summed E-state index contributed by atoms with van der Waals surface area (Å²) in [5.74, 6) is -1.07. The highest BCUT2D eigenvalue weighted by Gasteiger charge is 2.31. The molecule has 4 nitrogen and oxygen atoms in total. The Labute approximate surface area is 93.6 Å². The Morgan fingerprint density at radius 1 is 1.41 bits per heavy atom. The van der Waals surface area contributed by atoms with Gasteiger partial charge in [0.1, 0.15) is 6.07 Å². The van der Waals surface area contributed by atoms with Gasteiger partial charge in [-0.2, -0.15) is 18.4 Å². The van der Waals surface area contributed by atoms with Crippen molar-refractivity contribution in [3.63, 3.8) is 0 Å². The molecule has 0 aromatic heterocycles. The Balaban J connectivity index is 3.18. The number of ketones is 1. The molecule has 0 heterocycles. The Bertz CT molecular complexity index is 515. The van der Waals surface area contributed by atoms with Crippen LogP contribution in [0.3, 0.4) is 0 Å². The first kappa shape index (κ1) is 12.7.